The van der Waals surface area contributed by atoms with Crippen molar-refractivity contribution in [2.24, 2.45) is 0 Å². The van der Waals surface area contributed by atoms with Gasteiger partial charge in [0.25, 0.3) is 0 Å². The molecule has 0 bridgehead atoms. The maximum atomic E-state index is 12.1. The zero-order valence-corrected chi connectivity index (χ0v) is 13.9. The van der Waals surface area contributed by atoms with E-state index in [1.807, 2.05) is 0 Å². The summed E-state index contributed by atoms with van der Waals surface area (Å²) in [6.07, 6.45) is -4.73. The van der Waals surface area contributed by atoms with Gasteiger partial charge in [-0.1, -0.05) is 24.3 Å². The van der Waals surface area contributed by atoms with E-state index in [1.54, 1.807) is 48.8 Å². The number of carbonyl (C=O) groups excluding carboxylic acids is 2. The van der Waals surface area contributed by atoms with E-state index in [-0.39, 0.29) is 18.9 Å². The third-order valence-corrected chi connectivity index (χ3v) is 3.47. The van der Waals surface area contributed by atoms with Gasteiger partial charge in [-0.15, -0.1) is 0 Å². The normalized spacial score (nSPS) is 10.9. The van der Waals surface area contributed by atoms with Crippen molar-refractivity contribution >= 4 is 17.5 Å². The van der Waals surface area contributed by atoms with E-state index in [1.165, 1.54) is 12.1 Å². The largest absolute Gasteiger partial charge is 0.497 e. The molecule has 26 heavy (non-hydrogen) atoms. The first-order chi connectivity index (χ1) is 12.3. The van der Waals surface area contributed by atoms with Crippen LogP contribution in [0.15, 0.2) is 48.5 Å². The third kappa shape index (κ3) is 5.80. The van der Waals surface area contributed by atoms with Crippen LogP contribution >= 0.6 is 0 Å². The number of halogens is 3. The summed E-state index contributed by atoms with van der Waals surface area (Å²) >= 11 is 0. The SMILES string of the molecule is COc1ccc(CC(=O)Nc2ccc(CNC(=O)C(F)(F)F)cc2)cc1. The molecule has 0 aliphatic carbocycles. The van der Waals surface area contributed by atoms with E-state index in [0.717, 1.165) is 5.56 Å². The first-order valence-corrected chi connectivity index (χ1v) is 7.64. The molecule has 0 atom stereocenters. The third-order valence-electron chi connectivity index (χ3n) is 3.47. The van der Waals surface area contributed by atoms with Crippen LogP contribution in [-0.4, -0.2) is 25.1 Å². The average Bonchev–Trinajstić information content (AvgIpc) is 2.60. The molecule has 0 saturated carbocycles. The standard InChI is InChI=1S/C18H17F3N2O3/c1-26-15-8-4-12(5-9-15)10-16(24)23-14-6-2-13(3-7-14)11-22-17(25)18(19,20)21/h2-9H,10-11H2,1H3,(H,22,25)(H,23,24). The number of methoxy groups -OCH3 is 1. The van der Waals surface area contributed by atoms with Gasteiger partial charge in [0.1, 0.15) is 5.75 Å². The fourth-order valence-electron chi connectivity index (χ4n) is 2.12. The zero-order valence-electron chi connectivity index (χ0n) is 13.9. The molecule has 2 rings (SSSR count). The molecule has 0 saturated heterocycles. The molecule has 0 aromatic heterocycles. The second kappa shape index (κ2) is 8.37. The lowest BCUT2D eigenvalue weighted by Gasteiger charge is -2.09. The minimum absolute atomic E-state index is 0.174. The smallest absolute Gasteiger partial charge is 0.471 e. The Balaban J connectivity index is 1.85. The first-order valence-electron chi connectivity index (χ1n) is 7.64. The number of anilines is 1. The monoisotopic (exact) mass is 366 g/mol. The molecule has 5 nitrogen and oxygen atoms in total. The van der Waals surface area contributed by atoms with Gasteiger partial charge in [0.05, 0.1) is 13.5 Å². The summed E-state index contributed by atoms with van der Waals surface area (Å²) in [5.41, 5.74) is 1.81. The van der Waals surface area contributed by atoms with Crippen molar-refractivity contribution in [3.63, 3.8) is 0 Å². The molecule has 0 unspecified atom stereocenters. The number of ether oxygens (including phenoxy) is 1. The van der Waals surface area contributed by atoms with Crippen molar-refractivity contribution in [3.8, 4) is 5.75 Å². The lowest BCUT2D eigenvalue weighted by atomic mass is 10.1. The summed E-state index contributed by atoms with van der Waals surface area (Å²) in [7, 11) is 1.56. The summed E-state index contributed by atoms with van der Waals surface area (Å²) in [6, 6.07) is 13.2. The van der Waals surface area contributed by atoms with Gasteiger partial charge in [0.15, 0.2) is 0 Å². The Morgan fingerprint density at radius 3 is 2.08 bits per heavy atom. The minimum Gasteiger partial charge on any atom is -0.497 e. The van der Waals surface area contributed by atoms with Crippen LogP contribution in [0.1, 0.15) is 11.1 Å². The van der Waals surface area contributed by atoms with Gasteiger partial charge < -0.3 is 15.4 Å². The molecule has 0 radical (unpaired) electrons. The Morgan fingerprint density at radius 1 is 0.962 bits per heavy atom. The van der Waals surface area contributed by atoms with Gasteiger partial charge in [0.2, 0.25) is 5.91 Å². The summed E-state index contributed by atoms with van der Waals surface area (Å²) in [4.78, 5) is 22.8. The molecule has 8 heteroatoms. The molecule has 2 N–H and O–H groups in total. The predicted molar refractivity (Wildman–Crippen MR) is 89.7 cm³/mol. The van der Waals surface area contributed by atoms with Gasteiger partial charge in [-0.25, -0.2) is 0 Å². The van der Waals surface area contributed by atoms with Crippen molar-refractivity contribution in [3.05, 3.63) is 59.7 Å². The molecule has 2 aromatic carbocycles. The number of carbonyl (C=O) groups is 2. The number of alkyl halides is 3. The zero-order chi connectivity index (χ0) is 19.2. The number of amides is 2. The minimum atomic E-state index is -4.91. The fourth-order valence-corrected chi connectivity index (χ4v) is 2.12. The second-order valence-electron chi connectivity index (χ2n) is 5.45. The lowest BCUT2D eigenvalue weighted by Crippen LogP contribution is -2.36. The molecule has 0 heterocycles. The van der Waals surface area contributed by atoms with Gasteiger partial charge in [0, 0.05) is 12.2 Å². The van der Waals surface area contributed by atoms with Crippen LogP contribution in [0.3, 0.4) is 0 Å². The Kier molecular flexibility index (Phi) is 6.21. The molecular weight excluding hydrogens is 349 g/mol. The Bertz CT molecular complexity index is 757. The van der Waals surface area contributed by atoms with Crippen LogP contribution in [0.4, 0.5) is 18.9 Å². The van der Waals surface area contributed by atoms with Gasteiger partial charge in [-0.2, -0.15) is 13.2 Å². The Hall–Kier alpha value is -3.03. The highest BCUT2D eigenvalue weighted by atomic mass is 19.4. The fraction of sp³-hybridized carbons (Fsp3) is 0.222. The van der Waals surface area contributed by atoms with Crippen LogP contribution in [-0.2, 0) is 22.6 Å². The van der Waals surface area contributed by atoms with Crippen LogP contribution in [0, 0.1) is 0 Å². The van der Waals surface area contributed by atoms with E-state index in [0.29, 0.717) is 17.0 Å². The van der Waals surface area contributed by atoms with E-state index < -0.39 is 12.1 Å². The second-order valence-corrected chi connectivity index (χ2v) is 5.45. The van der Waals surface area contributed by atoms with E-state index in [9.17, 15) is 22.8 Å². The average molecular weight is 366 g/mol. The first kappa shape index (κ1) is 19.3. The van der Waals surface area contributed by atoms with Crippen LogP contribution in [0.5, 0.6) is 5.75 Å². The van der Waals surface area contributed by atoms with Crippen molar-refractivity contribution in [2.45, 2.75) is 19.1 Å². The van der Waals surface area contributed by atoms with Crippen LogP contribution in [0.2, 0.25) is 0 Å². The maximum absolute atomic E-state index is 12.1. The lowest BCUT2D eigenvalue weighted by molar-refractivity contribution is -0.173. The number of nitrogens with one attached hydrogen (secondary N) is 2. The summed E-state index contributed by atoms with van der Waals surface area (Å²) in [5.74, 6) is -1.52. The van der Waals surface area contributed by atoms with E-state index in [4.69, 9.17) is 4.74 Å². The highest BCUT2D eigenvalue weighted by Crippen LogP contribution is 2.16. The van der Waals surface area contributed by atoms with E-state index >= 15 is 0 Å². The molecule has 138 valence electrons. The number of rotatable bonds is 6. The molecule has 0 spiro atoms. The summed E-state index contributed by atoms with van der Waals surface area (Å²) < 4.78 is 41.4. The Labute approximate surface area is 148 Å². The molecule has 2 amide bonds. The van der Waals surface area contributed by atoms with Crippen LogP contribution in [0.25, 0.3) is 0 Å². The van der Waals surface area contributed by atoms with Crippen molar-refractivity contribution in [1.82, 2.24) is 5.32 Å². The molecular formula is C18H17F3N2O3. The van der Waals surface area contributed by atoms with Gasteiger partial charge >= 0.3 is 12.1 Å². The molecule has 0 fully saturated rings. The van der Waals surface area contributed by atoms with Gasteiger partial charge in [-0.05, 0) is 35.4 Å². The molecule has 0 aliphatic rings. The van der Waals surface area contributed by atoms with Crippen molar-refractivity contribution in [2.75, 3.05) is 12.4 Å². The number of benzene rings is 2. The molecule has 2 aromatic rings. The number of hydrogen-bond acceptors (Lipinski definition) is 3. The predicted octanol–water partition coefficient (Wildman–Crippen LogP) is 3.05. The molecule has 0 aliphatic heterocycles. The van der Waals surface area contributed by atoms with Gasteiger partial charge in [-0.3, -0.25) is 9.59 Å². The highest BCUT2D eigenvalue weighted by Gasteiger charge is 2.38. The van der Waals surface area contributed by atoms with Crippen LogP contribution < -0.4 is 15.4 Å². The number of hydrogen-bond donors (Lipinski definition) is 2. The summed E-state index contributed by atoms with van der Waals surface area (Å²) in [5, 5.41) is 4.48. The highest BCUT2D eigenvalue weighted by molar-refractivity contribution is 5.92. The van der Waals surface area contributed by atoms with Crippen molar-refractivity contribution < 1.29 is 27.5 Å². The summed E-state index contributed by atoms with van der Waals surface area (Å²) in [6.45, 7) is -0.252. The quantitative estimate of drug-likeness (QED) is 0.826. The Morgan fingerprint density at radius 2 is 1.54 bits per heavy atom. The maximum Gasteiger partial charge on any atom is 0.471 e. The topological polar surface area (TPSA) is 67.4 Å². The van der Waals surface area contributed by atoms with Crippen molar-refractivity contribution in [1.29, 1.82) is 0 Å². The van der Waals surface area contributed by atoms with E-state index in [2.05, 4.69) is 5.32 Å².